The van der Waals surface area contributed by atoms with E-state index in [4.69, 9.17) is 5.11 Å². The number of halogens is 2. The average molecular weight is 413 g/mol. The number of benzene rings is 1. The number of nitrogens with zero attached hydrogens (tertiary/aromatic N) is 2. The molecule has 0 saturated carbocycles. The van der Waals surface area contributed by atoms with E-state index >= 15 is 0 Å². The van der Waals surface area contributed by atoms with Gasteiger partial charge in [0.2, 0.25) is 0 Å². The van der Waals surface area contributed by atoms with Gasteiger partial charge in [-0.2, -0.15) is 0 Å². The molecule has 2 N–H and O–H groups in total. The molecule has 1 atom stereocenters. The van der Waals surface area contributed by atoms with Crippen molar-refractivity contribution in [3.63, 3.8) is 0 Å². The number of piperazine rings is 1. The molecule has 1 aliphatic heterocycles. The topological polar surface area (TPSA) is 46.9 Å². The minimum Gasteiger partial charge on any atom is -0.396 e. The van der Waals surface area contributed by atoms with Gasteiger partial charge in [0.15, 0.2) is 0 Å². The minimum absolute atomic E-state index is 0. The molecule has 1 aliphatic rings. The van der Waals surface area contributed by atoms with Crippen LogP contribution < -0.4 is 4.90 Å². The van der Waals surface area contributed by atoms with Crippen molar-refractivity contribution in [3.05, 3.63) is 27.8 Å². The molecule has 1 aromatic carbocycles. The van der Waals surface area contributed by atoms with E-state index in [9.17, 15) is 5.11 Å². The molecule has 1 fully saturated rings. The summed E-state index contributed by atoms with van der Waals surface area (Å²) in [5.41, 5.74) is 1.27. The first-order valence-electron chi connectivity index (χ1n) is 6.71. The van der Waals surface area contributed by atoms with E-state index in [0.717, 1.165) is 26.2 Å². The summed E-state index contributed by atoms with van der Waals surface area (Å²) in [6.07, 6.45) is 0.0620. The van der Waals surface area contributed by atoms with Gasteiger partial charge in [-0.25, -0.2) is 0 Å². The highest BCUT2D eigenvalue weighted by Crippen LogP contribution is 2.18. The Hall–Kier alpha value is -0.0800. The molecule has 0 radical (unpaired) electrons. The lowest BCUT2D eigenvalue weighted by atomic mass is 10.2. The van der Waals surface area contributed by atoms with E-state index in [0.29, 0.717) is 13.0 Å². The van der Waals surface area contributed by atoms with Crippen LogP contribution in [0.1, 0.15) is 6.42 Å². The lowest BCUT2D eigenvalue weighted by molar-refractivity contribution is 0.0851. The zero-order valence-corrected chi connectivity index (χ0v) is 14.4. The second kappa shape index (κ2) is 9.04. The van der Waals surface area contributed by atoms with Crippen molar-refractivity contribution in [2.24, 2.45) is 0 Å². The van der Waals surface area contributed by atoms with Crippen LogP contribution in [0.5, 0.6) is 0 Å². The number of aliphatic hydroxyl groups excluding tert-OH is 2. The van der Waals surface area contributed by atoms with Crippen molar-refractivity contribution in [2.45, 2.75) is 12.5 Å². The lowest BCUT2D eigenvalue weighted by Crippen LogP contribution is -2.48. The van der Waals surface area contributed by atoms with Crippen LogP contribution in [0.25, 0.3) is 0 Å². The Morgan fingerprint density at radius 2 is 1.70 bits per heavy atom. The van der Waals surface area contributed by atoms with Gasteiger partial charge >= 0.3 is 0 Å². The number of hydrogen-bond acceptors (Lipinski definition) is 4. The van der Waals surface area contributed by atoms with Crippen LogP contribution in [0.4, 0.5) is 5.69 Å². The van der Waals surface area contributed by atoms with Crippen LogP contribution in [0, 0.1) is 3.57 Å². The second-order valence-electron chi connectivity index (χ2n) is 4.93. The predicted octanol–water partition coefficient (Wildman–Crippen LogP) is 1.58. The number of hydrogen-bond donors (Lipinski definition) is 2. The van der Waals surface area contributed by atoms with Gasteiger partial charge in [0.25, 0.3) is 0 Å². The maximum absolute atomic E-state index is 9.70. The van der Waals surface area contributed by atoms with Crippen LogP contribution in [0.15, 0.2) is 24.3 Å². The summed E-state index contributed by atoms with van der Waals surface area (Å²) in [7, 11) is 0. The maximum Gasteiger partial charge on any atom is 0.0689 e. The SMILES string of the molecule is Cl.OCCC(O)CN1CCN(c2ccc(I)cc2)CC1. The lowest BCUT2D eigenvalue weighted by Gasteiger charge is -2.36. The van der Waals surface area contributed by atoms with Crippen LogP contribution in [0.2, 0.25) is 0 Å². The molecule has 1 aromatic rings. The molecule has 6 heteroatoms. The molecule has 0 aromatic heterocycles. The zero-order valence-electron chi connectivity index (χ0n) is 11.4. The van der Waals surface area contributed by atoms with Crippen molar-refractivity contribution in [3.8, 4) is 0 Å². The third-order valence-electron chi connectivity index (χ3n) is 3.50. The first-order chi connectivity index (χ1) is 9.19. The highest BCUT2D eigenvalue weighted by molar-refractivity contribution is 14.1. The Morgan fingerprint density at radius 1 is 1.10 bits per heavy atom. The van der Waals surface area contributed by atoms with Gasteiger partial charge in [-0.1, -0.05) is 0 Å². The van der Waals surface area contributed by atoms with Gasteiger partial charge in [-0.05, 0) is 53.3 Å². The van der Waals surface area contributed by atoms with E-state index in [1.54, 1.807) is 0 Å². The average Bonchev–Trinajstić information content (AvgIpc) is 2.41. The Morgan fingerprint density at radius 3 is 2.25 bits per heavy atom. The molecule has 114 valence electrons. The monoisotopic (exact) mass is 412 g/mol. The predicted molar refractivity (Wildman–Crippen MR) is 92.8 cm³/mol. The standard InChI is InChI=1S/C14H21IN2O2.ClH/c15-12-1-3-13(4-2-12)17-8-6-16(7-9-17)11-14(19)5-10-18;/h1-4,14,18-19H,5-11H2;1H. The van der Waals surface area contributed by atoms with Crippen LogP contribution in [-0.4, -0.2) is 60.5 Å². The second-order valence-corrected chi connectivity index (χ2v) is 6.18. The Kier molecular flexibility index (Phi) is 8.13. The van der Waals surface area contributed by atoms with Crippen LogP contribution in [0.3, 0.4) is 0 Å². The molecule has 2 rings (SSSR count). The van der Waals surface area contributed by atoms with Crippen molar-refractivity contribution in [1.29, 1.82) is 0 Å². The van der Waals surface area contributed by atoms with E-state index in [1.165, 1.54) is 9.26 Å². The van der Waals surface area contributed by atoms with Gasteiger partial charge in [-0.3, -0.25) is 4.90 Å². The first-order valence-corrected chi connectivity index (χ1v) is 7.78. The molecule has 20 heavy (non-hydrogen) atoms. The van der Waals surface area contributed by atoms with E-state index in [-0.39, 0.29) is 19.0 Å². The molecule has 1 saturated heterocycles. The van der Waals surface area contributed by atoms with E-state index in [2.05, 4.69) is 56.7 Å². The molecular weight excluding hydrogens is 391 g/mol. The zero-order chi connectivity index (χ0) is 13.7. The molecule has 1 heterocycles. The quantitative estimate of drug-likeness (QED) is 0.721. The highest BCUT2D eigenvalue weighted by atomic mass is 127. The van der Waals surface area contributed by atoms with Gasteiger partial charge in [0, 0.05) is 48.6 Å². The molecule has 0 aliphatic carbocycles. The van der Waals surface area contributed by atoms with E-state index in [1.807, 2.05) is 0 Å². The third kappa shape index (κ3) is 5.37. The first kappa shape index (κ1) is 18.0. The molecular formula is C14H22ClIN2O2. The Bertz CT molecular complexity index is 383. The van der Waals surface area contributed by atoms with Gasteiger partial charge in [0.05, 0.1) is 6.10 Å². The number of aliphatic hydroxyl groups is 2. The van der Waals surface area contributed by atoms with Crippen molar-refractivity contribution in [2.75, 3.05) is 44.2 Å². The molecule has 4 nitrogen and oxygen atoms in total. The summed E-state index contributed by atoms with van der Waals surface area (Å²) in [6, 6.07) is 8.59. The summed E-state index contributed by atoms with van der Waals surface area (Å²) in [5, 5.41) is 18.5. The molecule has 1 unspecified atom stereocenters. The van der Waals surface area contributed by atoms with Gasteiger partial charge in [-0.15, -0.1) is 12.4 Å². The molecule has 0 amide bonds. The Labute approximate surface area is 140 Å². The van der Waals surface area contributed by atoms with Crippen LogP contribution in [-0.2, 0) is 0 Å². The Balaban J connectivity index is 0.00000200. The largest absolute Gasteiger partial charge is 0.396 e. The summed E-state index contributed by atoms with van der Waals surface area (Å²) in [5.74, 6) is 0. The van der Waals surface area contributed by atoms with Crippen molar-refractivity contribution in [1.82, 2.24) is 4.90 Å². The summed E-state index contributed by atoms with van der Waals surface area (Å²) < 4.78 is 1.26. The summed E-state index contributed by atoms with van der Waals surface area (Å²) in [4.78, 5) is 4.65. The smallest absolute Gasteiger partial charge is 0.0689 e. The number of rotatable bonds is 5. The number of β-amino-alcohol motifs (C(OH)–C–C–N with tert-alkyl or cyclic N) is 1. The van der Waals surface area contributed by atoms with Crippen molar-refractivity contribution < 1.29 is 10.2 Å². The fourth-order valence-corrected chi connectivity index (χ4v) is 2.74. The van der Waals surface area contributed by atoms with Gasteiger partial charge in [0.1, 0.15) is 0 Å². The fourth-order valence-electron chi connectivity index (χ4n) is 2.38. The summed E-state index contributed by atoms with van der Waals surface area (Å²) >= 11 is 2.32. The molecule has 0 bridgehead atoms. The third-order valence-corrected chi connectivity index (χ3v) is 4.21. The summed E-state index contributed by atoms with van der Waals surface area (Å²) in [6.45, 7) is 4.65. The number of anilines is 1. The normalized spacial score (nSPS) is 17.6. The van der Waals surface area contributed by atoms with E-state index < -0.39 is 6.10 Å². The maximum atomic E-state index is 9.70. The van der Waals surface area contributed by atoms with Gasteiger partial charge < -0.3 is 15.1 Å². The van der Waals surface area contributed by atoms with Crippen LogP contribution >= 0.6 is 35.0 Å². The molecule has 0 spiro atoms. The fraction of sp³-hybridized carbons (Fsp3) is 0.571. The van der Waals surface area contributed by atoms with Crippen molar-refractivity contribution >= 4 is 40.7 Å². The highest BCUT2D eigenvalue weighted by Gasteiger charge is 2.19. The minimum atomic E-state index is -0.408.